The average molecular weight is 405 g/mol. The third-order valence-electron chi connectivity index (χ3n) is 5.40. The third-order valence-corrected chi connectivity index (χ3v) is 5.40. The van der Waals surface area contributed by atoms with Gasteiger partial charge < -0.3 is 10.2 Å². The predicted octanol–water partition coefficient (Wildman–Crippen LogP) is 2.74. The largest absolute Gasteiger partial charge is 0.334 e. The van der Waals surface area contributed by atoms with Crippen LogP contribution in [0, 0.1) is 0 Å². The first-order valence-electron chi connectivity index (χ1n) is 10.5. The van der Waals surface area contributed by atoms with E-state index in [0.29, 0.717) is 13.1 Å². The molecule has 2 heterocycles. The van der Waals surface area contributed by atoms with Crippen LogP contribution in [0.1, 0.15) is 23.1 Å². The molecule has 1 saturated heterocycles. The lowest BCUT2D eigenvalue weighted by Gasteiger charge is -2.22. The van der Waals surface area contributed by atoms with Crippen LogP contribution in [0.5, 0.6) is 0 Å². The second-order valence-corrected chi connectivity index (χ2v) is 7.67. The topological polar surface area (TPSA) is 66.3 Å². The van der Waals surface area contributed by atoms with Gasteiger partial charge in [0, 0.05) is 39.3 Å². The maximum Gasteiger partial charge on any atom is 0.317 e. The molecule has 1 aromatic heterocycles. The summed E-state index contributed by atoms with van der Waals surface area (Å²) in [5.41, 5.74) is 3.57. The maximum absolute atomic E-state index is 12.6. The Morgan fingerprint density at radius 2 is 1.63 bits per heavy atom. The molecule has 156 valence electrons. The molecule has 1 aliphatic heterocycles. The lowest BCUT2D eigenvalue weighted by Crippen LogP contribution is -2.41. The highest BCUT2D eigenvalue weighted by atomic mass is 16.2. The minimum atomic E-state index is 0.0169. The highest BCUT2D eigenvalue weighted by Crippen LogP contribution is 2.10. The Labute approximate surface area is 177 Å². The van der Waals surface area contributed by atoms with E-state index in [-0.39, 0.29) is 6.03 Å². The van der Waals surface area contributed by atoms with E-state index in [1.165, 1.54) is 11.9 Å². The molecule has 0 aliphatic carbocycles. The van der Waals surface area contributed by atoms with E-state index in [4.69, 9.17) is 0 Å². The van der Waals surface area contributed by atoms with Gasteiger partial charge in [0.25, 0.3) is 0 Å². The van der Waals surface area contributed by atoms with E-state index in [1.807, 2.05) is 11.0 Å². The number of carbonyl (C=O) groups excluding carboxylic acids is 1. The number of nitrogens with one attached hydrogen (secondary N) is 1. The van der Waals surface area contributed by atoms with Crippen LogP contribution in [0.4, 0.5) is 4.79 Å². The van der Waals surface area contributed by atoms with Crippen molar-refractivity contribution < 1.29 is 4.79 Å². The lowest BCUT2D eigenvalue weighted by atomic mass is 10.1. The Hall–Kier alpha value is -3.19. The van der Waals surface area contributed by atoms with Gasteiger partial charge in [-0.1, -0.05) is 54.6 Å². The van der Waals surface area contributed by atoms with Crippen LogP contribution in [-0.2, 0) is 19.6 Å². The zero-order valence-corrected chi connectivity index (χ0v) is 17.2. The molecule has 4 rings (SSSR count). The van der Waals surface area contributed by atoms with E-state index in [1.54, 1.807) is 11.0 Å². The highest BCUT2D eigenvalue weighted by molar-refractivity contribution is 5.74. The first-order valence-corrected chi connectivity index (χ1v) is 10.5. The van der Waals surface area contributed by atoms with Crippen LogP contribution in [-0.4, -0.2) is 56.8 Å². The Morgan fingerprint density at radius 1 is 0.867 bits per heavy atom. The number of aromatic nitrogens is 3. The molecule has 30 heavy (non-hydrogen) atoms. The van der Waals surface area contributed by atoms with Crippen LogP contribution >= 0.6 is 0 Å². The number of nitrogens with zero attached hydrogens (tertiary/aromatic N) is 5. The van der Waals surface area contributed by atoms with Crippen LogP contribution in [0.2, 0.25) is 0 Å². The van der Waals surface area contributed by atoms with Crippen LogP contribution in [0.15, 0.2) is 67.3 Å². The molecule has 3 aromatic rings. The molecule has 7 heteroatoms. The molecule has 7 nitrogen and oxygen atoms in total. The summed E-state index contributed by atoms with van der Waals surface area (Å²) in [6, 6.07) is 18.8. The summed E-state index contributed by atoms with van der Waals surface area (Å²) in [5.74, 6) is 0. The van der Waals surface area contributed by atoms with Crippen molar-refractivity contribution in [2.24, 2.45) is 0 Å². The average Bonchev–Trinajstić information content (AvgIpc) is 3.18. The van der Waals surface area contributed by atoms with Gasteiger partial charge in [-0.3, -0.25) is 4.90 Å². The fourth-order valence-electron chi connectivity index (χ4n) is 3.73. The summed E-state index contributed by atoms with van der Waals surface area (Å²) in [6.45, 7) is 5.65. The first kappa shape index (κ1) is 20.1. The molecule has 0 atom stereocenters. The van der Waals surface area contributed by atoms with Gasteiger partial charge in [0.2, 0.25) is 0 Å². The zero-order valence-electron chi connectivity index (χ0n) is 17.2. The Balaban J connectivity index is 1.23. The van der Waals surface area contributed by atoms with E-state index in [2.05, 4.69) is 68.8 Å². The van der Waals surface area contributed by atoms with Crippen molar-refractivity contribution in [1.29, 1.82) is 0 Å². The number of hydrogen-bond acceptors (Lipinski definition) is 4. The zero-order chi connectivity index (χ0) is 20.6. The van der Waals surface area contributed by atoms with Gasteiger partial charge in [-0.25, -0.2) is 14.5 Å². The predicted molar refractivity (Wildman–Crippen MR) is 116 cm³/mol. The summed E-state index contributed by atoms with van der Waals surface area (Å²) in [5, 5.41) is 7.19. The van der Waals surface area contributed by atoms with Crippen molar-refractivity contribution in [2.75, 3.05) is 26.2 Å². The number of benzene rings is 2. The van der Waals surface area contributed by atoms with E-state index in [0.717, 1.165) is 50.3 Å². The highest BCUT2D eigenvalue weighted by Gasteiger charge is 2.19. The monoisotopic (exact) mass is 404 g/mol. The summed E-state index contributed by atoms with van der Waals surface area (Å²) in [7, 11) is 0. The SMILES string of the molecule is O=C(NCc1ccc(Cn2cncn2)cc1)N1CCCN(Cc2ccccc2)CC1. The fourth-order valence-corrected chi connectivity index (χ4v) is 3.73. The maximum atomic E-state index is 12.6. The van der Waals surface area contributed by atoms with Gasteiger partial charge in [-0.05, 0) is 23.1 Å². The van der Waals surface area contributed by atoms with Gasteiger partial charge in [-0.15, -0.1) is 0 Å². The minimum absolute atomic E-state index is 0.0169. The van der Waals surface area contributed by atoms with E-state index in [9.17, 15) is 4.79 Å². The molecule has 1 fully saturated rings. The van der Waals surface area contributed by atoms with Crippen LogP contribution in [0.3, 0.4) is 0 Å². The van der Waals surface area contributed by atoms with Crippen LogP contribution in [0.25, 0.3) is 0 Å². The van der Waals surface area contributed by atoms with Crippen molar-refractivity contribution in [3.8, 4) is 0 Å². The lowest BCUT2D eigenvalue weighted by molar-refractivity contribution is 0.197. The molecule has 2 aromatic carbocycles. The third kappa shape index (κ3) is 5.67. The number of hydrogen-bond donors (Lipinski definition) is 1. The molecule has 0 saturated carbocycles. The van der Waals surface area contributed by atoms with Gasteiger partial charge in [0.15, 0.2) is 0 Å². The van der Waals surface area contributed by atoms with Gasteiger partial charge in [-0.2, -0.15) is 5.10 Å². The van der Waals surface area contributed by atoms with Gasteiger partial charge in [0.1, 0.15) is 12.7 Å². The quantitative estimate of drug-likeness (QED) is 0.686. The van der Waals surface area contributed by atoms with Gasteiger partial charge in [0.05, 0.1) is 6.54 Å². The smallest absolute Gasteiger partial charge is 0.317 e. The number of rotatable bonds is 6. The Morgan fingerprint density at radius 3 is 2.40 bits per heavy atom. The van der Waals surface area contributed by atoms with Crippen molar-refractivity contribution >= 4 is 6.03 Å². The normalized spacial score (nSPS) is 15.0. The summed E-state index contributed by atoms with van der Waals surface area (Å²) >= 11 is 0. The van der Waals surface area contributed by atoms with E-state index >= 15 is 0 Å². The molecule has 2 amide bonds. The van der Waals surface area contributed by atoms with Gasteiger partial charge >= 0.3 is 6.03 Å². The standard InChI is InChI=1S/C23H28N6O/c30-23(25-15-20-7-9-22(10-8-20)17-29-19-24-18-26-29)28-12-4-11-27(13-14-28)16-21-5-2-1-3-6-21/h1-3,5-10,18-19H,4,11-17H2,(H,25,30). The van der Waals surface area contributed by atoms with Crippen molar-refractivity contribution in [3.05, 3.63) is 83.9 Å². The summed E-state index contributed by atoms with van der Waals surface area (Å²) in [4.78, 5) is 21.0. The number of urea groups is 1. The molecule has 0 radical (unpaired) electrons. The second-order valence-electron chi connectivity index (χ2n) is 7.67. The first-order chi connectivity index (χ1) is 14.8. The minimum Gasteiger partial charge on any atom is -0.334 e. The molecule has 0 unspecified atom stereocenters. The molecular formula is C23H28N6O. The molecule has 1 aliphatic rings. The van der Waals surface area contributed by atoms with Crippen molar-refractivity contribution in [2.45, 2.75) is 26.1 Å². The summed E-state index contributed by atoms with van der Waals surface area (Å²) in [6.07, 6.45) is 4.24. The van der Waals surface area contributed by atoms with Crippen LogP contribution < -0.4 is 5.32 Å². The Bertz CT molecular complexity index is 911. The molecule has 0 spiro atoms. The number of amides is 2. The van der Waals surface area contributed by atoms with Crippen molar-refractivity contribution in [1.82, 2.24) is 29.9 Å². The molecular weight excluding hydrogens is 376 g/mol. The number of carbonyl (C=O) groups is 1. The Kier molecular flexibility index (Phi) is 6.72. The second kappa shape index (κ2) is 10.0. The van der Waals surface area contributed by atoms with Crippen molar-refractivity contribution in [3.63, 3.8) is 0 Å². The van der Waals surface area contributed by atoms with E-state index < -0.39 is 0 Å². The molecule has 1 N–H and O–H groups in total. The fraction of sp³-hybridized carbons (Fsp3) is 0.348. The molecule has 0 bridgehead atoms. The summed E-state index contributed by atoms with van der Waals surface area (Å²) < 4.78 is 1.79.